The number of morpholine rings is 1. The number of carbonyl (C=O) groups is 1. The average Bonchev–Trinajstić information content (AvgIpc) is 2.67. The van der Waals surface area contributed by atoms with Gasteiger partial charge in [-0.3, -0.25) is 4.79 Å². The second kappa shape index (κ2) is 7.94. The van der Waals surface area contributed by atoms with Crippen molar-refractivity contribution in [3.05, 3.63) is 53.5 Å². The number of hydrogen-bond donors (Lipinski definition) is 1. The van der Waals surface area contributed by atoms with Crippen molar-refractivity contribution in [2.45, 2.75) is 6.54 Å². The molecule has 2 heterocycles. The second-order valence-electron chi connectivity index (χ2n) is 5.62. The number of nitrogens with one attached hydrogen (secondary N) is 1. The second-order valence-corrected chi connectivity index (χ2v) is 5.62. The van der Waals surface area contributed by atoms with Crippen molar-refractivity contribution in [3.63, 3.8) is 0 Å². The lowest BCUT2D eigenvalue weighted by Crippen LogP contribution is -2.37. The number of hydrogen-bond acceptors (Lipinski definition) is 5. The molecule has 6 nitrogen and oxygen atoms in total. The van der Waals surface area contributed by atoms with E-state index in [9.17, 15) is 9.18 Å². The van der Waals surface area contributed by atoms with Gasteiger partial charge in [-0.1, -0.05) is 6.07 Å². The van der Waals surface area contributed by atoms with E-state index >= 15 is 0 Å². The molecule has 25 heavy (non-hydrogen) atoms. The van der Waals surface area contributed by atoms with Crippen LogP contribution in [0.1, 0.15) is 16.1 Å². The van der Waals surface area contributed by atoms with E-state index in [-0.39, 0.29) is 18.2 Å². The smallest absolute Gasteiger partial charge is 0.251 e. The number of ether oxygens (including phenoxy) is 2. The van der Waals surface area contributed by atoms with Crippen molar-refractivity contribution in [2.75, 3.05) is 38.3 Å². The molecule has 7 heteroatoms. The lowest BCUT2D eigenvalue weighted by Gasteiger charge is -2.28. The van der Waals surface area contributed by atoms with Gasteiger partial charge in [0.1, 0.15) is 5.82 Å². The molecule has 0 bridgehead atoms. The Kier molecular flexibility index (Phi) is 5.45. The zero-order chi connectivity index (χ0) is 17.6. The van der Waals surface area contributed by atoms with Crippen molar-refractivity contribution >= 4 is 11.7 Å². The summed E-state index contributed by atoms with van der Waals surface area (Å²) >= 11 is 0. The number of aromatic nitrogens is 1. The van der Waals surface area contributed by atoms with Crippen LogP contribution in [0, 0.1) is 5.82 Å². The van der Waals surface area contributed by atoms with Gasteiger partial charge >= 0.3 is 0 Å². The monoisotopic (exact) mass is 345 g/mol. The molecule has 1 aromatic heterocycles. The van der Waals surface area contributed by atoms with Crippen molar-refractivity contribution in [3.8, 4) is 5.75 Å². The van der Waals surface area contributed by atoms with Crippen molar-refractivity contribution in [2.24, 2.45) is 0 Å². The van der Waals surface area contributed by atoms with Crippen LogP contribution in [0.5, 0.6) is 5.75 Å². The lowest BCUT2D eigenvalue weighted by atomic mass is 10.2. The van der Waals surface area contributed by atoms with Gasteiger partial charge in [0.05, 0.1) is 32.6 Å². The van der Waals surface area contributed by atoms with Gasteiger partial charge < -0.3 is 19.7 Å². The molecule has 1 saturated heterocycles. The Labute approximate surface area is 145 Å². The van der Waals surface area contributed by atoms with Gasteiger partial charge in [-0.15, -0.1) is 0 Å². The molecule has 2 aromatic rings. The van der Waals surface area contributed by atoms with Crippen LogP contribution in [-0.4, -0.2) is 44.3 Å². The number of rotatable bonds is 5. The van der Waals surface area contributed by atoms with Crippen molar-refractivity contribution in [1.82, 2.24) is 10.3 Å². The third-order valence-corrected chi connectivity index (χ3v) is 3.97. The zero-order valence-corrected chi connectivity index (χ0v) is 14.0. The van der Waals surface area contributed by atoms with Crippen LogP contribution in [-0.2, 0) is 11.3 Å². The summed E-state index contributed by atoms with van der Waals surface area (Å²) in [4.78, 5) is 19.0. The van der Waals surface area contributed by atoms with Crippen LogP contribution in [0.3, 0.4) is 0 Å². The van der Waals surface area contributed by atoms with E-state index in [1.807, 2.05) is 18.2 Å². The summed E-state index contributed by atoms with van der Waals surface area (Å²) in [6.07, 6.45) is 0. The number of nitrogens with zero attached hydrogens (tertiary/aromatic N) is 2. The summed E-state index contributed by atoms with van der Waals surface area (Å²) in [5.41, 5.74) is 1.09. The molecule has 0 saturated carbocycles. The first kappa shape index (κ1) is 17.2. The molecular formula is C18H20FN3O3. The van der Waals surface area contributed by atoms with E-state index in [0.29, 0.717) is 18.8 Å². The van der Waals surface area contributed by atoms with Gasteiger partial charge in [0.2, 0.25) is 0 Å². The van der Waals surface area contributed by atoms with Crippen molar-refractivity contribution < 1.29 is 18.7 Å². The fraction of sp³-hybridized carbons (Fsp3) is 0.333. The Hall–Kier alpha value is -2.67. The molecule has 0 atom stereocenters. The van der Waals surface area contributed by atoms with Crippen LogP contribution < -0.4 is 15.0 Å². The Morgan fingerprint density at radius 2 is 2.12 bits per heavy atom. The first-order valence-electron chi connectivity index (χ1n) is 8.08. The number of halogens is 1. The van der Waals surface area contributed by atoms with Crippen LogP contribution in [0.2, 0.25) is 0 Å². The maximum Gasteiger partial charge on any atom is 0.251 e. The van der Waals surface area contributed by atoms with Gasteiger partial charge in [-0.25, -0.2) is 9.37 Å². The van der Waals surface area contributed by atoms with E-state index in [2.05, 4.69) is 15.2 Å². The van der Waals surface area contributed by atoms with Gasteiger partial charge in [-0.05, 0) is 30.3 Å². The first-order valence-corrected chi connectivity index (χ1v) is 8.08. The summed E-state index contributed by atoms with van der Waals surface area (Å²) in [6.45, 7) is 3.27. The highest BCUT2D eigenvalue weighted by molar-refractivity contribution is 5.94. The number of methoxy groups -OCH3 is 1. The standard InChI is InChI=1S/C18H20FN3O3/c1-24-16-11-13(5-6-15(16)19)18(23)20-12-14-3-2-4-17(21-14)22-7-9-25-10-8-22/h2-6,11H,7-10,12H2,1H3,(H,20,23). The van der Waals surface area contributed by atoms with E-state index in [4.69, 9.17) is 9.47 Å². The average molecular weight is 345 g/mol. The maximum absolute atomic E-state index is 13.4. The highest BCUT2D eigenvalue weighted by atomic mass is 19.1. The Bertz CT molecular complexity index is 748. The molecule has 0 radical (unpaired) electrons. The maximum atomic E-state index is 13.4. The normalized spacial score (nSPS) is 14.2. The van der Waals surface area contributed by atoms with E-state index in [1.165, 1.54) is 25.3 Å². The predicted molar refractivity (Wildman–Crippen MR) is 91.4 cm³/mol. The minimum absolute atomic E-state index is 0.0417. The van der Waals surface area contributed by atoms with Crippen LogP contribution >= 0.6 is 0 Å². The highest BCUT2D eigenvalue weighted by Crippen LogP contribution is 2.18. The summed E-state index contributed by atoms with van der Waals surface area (Å²) in [6, 6.07) is 9.73. The minimum Gasteiger partial charge on any atom is -0.494 e. The molecule has 0 spiro atoms. The van der Waals surface area contributed by atoms with Crippen LogP contribution in [0.25, 0.3) is 0 Å². The van der Waals surface area contributed by atoms with Gasteiger partial charge in [0, 0.05) is 18.7 Å². The van der Waals surface area contributed by atoms with Crippen LogP contribution in [0.15, 0.2) is 36.4 Å². The molecule has 1 amide bonds. The molecule has 3 rings (SSSR count). The molecule has 1 fully saturated rings. The number of amides is 1. The van der Waals surface area contributed by atoms with Gasteiger partial charge in [0.25, 0.3) is 5.91 Å². The number of benzene rings is 1. The summed E-state index contributed by atoms with van der Waals surface area (Å²) in [5.74, 6) is 0.106. The minimum atomic E-state index is -0.501. The molecule has 132 valence electrons. The fourth-order valence-corrected chi connectivity index (χ4v) is 2.61. The third-order valence-electron chi connectivity index (χ3n) is 3.97. The lowest BCUT2D eigenvalue weighted by molar-refractivity contribution is 0.0950. The van der Waals surface area contributed by atoms with Gasteiger partial charge in [0.15, 0.2) is 11.6 Å². The number of carbonyl (C=O) groups excluding carboxylic acids is 1. The first-order chi connectivity index (χ1) is 12.2. The zero-order valence-electron chi connectivity index (χ0n) is 14.0. The Morgan fingerprint density at radius 3 is 2.88 bits per heavy atom. The third kappa shape index (κ3) is 4.24. The SMILES string of the molecule is COc1cc(C(=O)NCc2cccc(N3CCOCC3)n2)ccc1F. The summed E-state index contributed by atoms with van der Waals surface area (Å²) in [5, 5.41) is 2.79. The van der Waals surface area contributed by atoms with Crippen molar-refractivity contribution in [1.29, 1.82) is 0 Å². The highest BCUT2D eigenvalue weighted by Gasteiger charge is 2.13. The molecule has 0 unspecified atom stereocenters. The van der Waals surface area contributed by atoms with E-state index in [1.54, 1.807) is 0 Å². The molecule has 1 N–H and O–H groups in total. The predicted octanol–water partition coefficient (Wildman–Crippen LogP) is 2.00. The quantitative estimate of drug-likeness (QED) is 0.898. The molecule has 1 aliphatic heterocycles. The molecular weight excluding hydrogens is 325 g/mol. The Balaban J connectivity index is 1.64. The summed E-state index contributed by atoms with van der Waals surface area (Å²) in [7, 11) is 1.36. The van der Waals surface area contributed by atoms with Crippen LogP contribution in [0.4, 0.5) is 10.2 Å². The number of anilines is 1. The summed E-state index contributed by atoms with van der Waals surface area (Å²) < 4.78 is 23.7. The Morgan fingerprint density at radius 1 is 1.32 bits per heavy atom. The fourth-order valence-electron chi connectivity index (χ4n) is 2.61. The molecule has 0 aliphatic carbocycles. The topological polar surface area (TPSA) is 63.7 Å². The molecule has 1 aromatic carbocycles. The molecule has 1 aliphatic rings. The van der Waals surface area contributed by atoms with E-state index < -0.39 is 5.82 Å². The largest absolute Gasteiger partial charge is 0.494 e. The van der Waals surface area contributed by atoms with E-state index in [0.717, 1.165) is 24.6 Å². The number of pyridine rings is 1. The van der Waals surface area contributed by atoms with Gasteiger partial charge in [-0.2, -0.15) is 0 Å².